The summed E-state index contributed by atoms with van der Waals surface area (Å²) in [5.74, 6) is 0.534. The van der Waals surface area contributed by atoms with Crippen molar-refractivity contribution in [1.29, 1.82) is 0 Å². The molecule has 2 aromatic carbocycles. The average Bonchev–Trinajstić information content (AvgIpc) is 2.56. The summed E-state index contributed by atoms with van der Waals surface area (Å²) in [5.41, 5.74) is 6.86. The van der Waals surface area contributed by atoms with E-state index in [2.05, 4.69) is 102 Å². The van der Waals surface area contributed by atoms with Gasteiger partial charge < -0.3 is 0 Å². The van der Waals surface area contributed by atoms with Crippen LogP contribution in [-0.4, -0.2) is 8.07 Å². The van der Waals surface area contributed by atoms with Gasteiger partial charge in [0.2, 0.25) is 5.69 Å². The number of benzene rings is 2. The molecule has 0 aliphatic rings. The van der Waals surface area contributed by atoms with Crippen molar-refractivity contribution in [1.82, 2.24) is 0 Å². The summed E-state index contributed by atoms with van der Waals surface area (Å²) in [7, 11) is 0.853. The van der Waals surface area contributed by atoms with Crippen molar-refractivity contribution in [3.63, 3.8) is 0 Å². The van der Waals surface area contributed by atoms with E-state index in [-0.39, 0.29) is 0 Å². The standard InChI is InChI=1S/C24H32NSi/c1-16(2)20-13-17(3)18(4)23(15-20)24-22-10-9-21(26(6,7)8)14-19(22)11-12-25(24)5/h9-16H,1-8H3/q+1. The second-order valence-electron chi connectivity index (χ2n) is 8.99. The lowest BCUT2D eigenvalue weighted by Crippen LogP contribution is -2.37. The zero-order valence-electron chi connectivity index (χ0n) is 17.6. The zero-order chi connectivity index (χ0) is 19.2. The van der Waals surface area contributed by atoms with Crippen LogP contribution in [0.4, 0.5) is 0 Å². The lowest BCUT2D eigenvalue weighted by Gasteiger charge is -2.18. The Labute approximate surface area is 159 Å². The number of fused-ring (bicyclic) bond motifs is 1. The van der Waals surface area contributed by atoms with Crippen LogP contribution < -0.4 is 9.75 Å². The second-order valence-corrected chi connectivity index (χ2v) is 14.1. The van der Waals surface area contributed by atoms with Crippen molar-refractivity contribution in [3.8, 4) is 11.3 Å². The van der Waals surface area contributed by atoms with Gasteiger partial charge in [0, 0.05) is 6.07 Å². The minimum Gasteiger partial charge on any atom is -0.200 e. The third-order valence-electron chi connectivity index (χ3n) is 5.61. The maximum Gasteiger partial charge on any atom is 0.220 e. The van der Waals surface area contributed by atoms with E-state index in [4.69, 9.17) is 0 Å². The van der Waals surface area contributed by atoms with Crippen molar-refractivity contribution in [2.75, 3.05) is 0 Å². The quantitative estimate of drug-likeness (QED) is 0.421. The molecule has 0 atom stereocenters. The molecule has 0 radical (unpaired) electrons. The number of aryl methyl sites for hydroxylation is 2. The fraction of sp³-hybridized carbons (Fsp3) is 0.375. The van der Waals surface area contributed by atoms with Gasteiger partial charge in [0.15, 0.2) is 6.20 Å². The van der Waals surface area contributed by atoms with Gasteiger partial charge >= 0.3 is 0 Å². The van der Waals surface area contributed by atoms with Crippen LogP contribution in [-0.2, 0) is 7.05 Å². The molecule has 3 rings (SSSR count). The van der Waals surface area contributed by atoms with Gasteiger partial charge in [-0.05, 0) is 54.0 Å². The molecule has 1 aromatic heterocycles. The van der Waals surface area contributed by atoms with Gasteiger partial charge in [-0.25, -0.2) is 4.57 Å². The topological polar surface area (TPSA) is 3.88 Å². The SMILES string of the molecule is Cc1cc(C(C)C)cc(-c2c3ccc([Si](C)(C)C)cc3cc[n+]2C)c1C. The van der Waals surface area contributed by atoms with Gasteiger partial charge in [0.25, 0.3) is 0 Å². The molecule has 0 aliphatic carbocycles. The molecule has 26 heavy (non-hydrogen) atoms. The van der Waals surface area contributed by atoms with Crippen LogP contribution in [0.25, 0.3) is 22.0 Å². The van der Waals surface area contributed by atoms with Gasteiger partial charge in [0.05, 0.1) is 19.0 Å². The highest BCUT2D eigenvalue weighted by atomic mass is 28.3. The normalized spacial score (nSPS) is 12.2. The highest BCUT2D eigenvalue weighted by molar-refractivity contribution is 6.88. The Bertz CT molecular complexity index is 978. The van der Waals surface area contributed by atoms with Crippen LogP contribution in [0.5, 0.6) is 0 Å². The van der Waals surface area contributed by atoms with Crippen LogP contribution in [0.3, 0.4) is 0 Å². The highest BCUT2D eigenvalue weighted by Crippen LogP contribution is 2.32. The summed E-state index contributed by atoms with van der Waals surface area (Å²) in [5, 5.41) is 4.22. The molecule has 0 saturated carbocycles. The fourth-order valence-electron chi connectivity index (χ4n) is 3.64. The van der Waals surface area contributed by atoms with Gasteiger partial charge in [-0.15, -0.1) is 0 Å². The number of pyridine rings is 1. The van der Waals surface area contributed by atoms with E-state index in [0.29, 0.717) is 5.92 Å². The van der Waals surface area contributed by atoms with E-state index in [1.807, 2.05) is 0 Å². The largest absolute Gasteiger partial charge is 0.220 e. The second kappa shape index (κ2) is 6.66. The Morgan fingerprint density at radius 2 is 1.62 bits per heavy atom. The molecule has 0 fully saturated rings. The smallest absolute Gasteiger partial charge is 0.200 e. The third-order valence-corrected chi connectivity index (χ3v) is 7.66. The van der Waals surface area contributed by atoms with Gasteiger partial charge in [-0.1, -0.05) is 56.9 Å². The molecule has 0 spiro atoms. The van der Waals surface area contributed by atoms with E-state index >= 15 is 0 Å². The maximum absolute atomic E-state index is 2.42. The molecule has 0 amide bonds. The summed E-state index contributed by atoms with van der Waals surface area (Å²) in [4.78, 5) is 0. The molecular formula is C24H32NSi+. The molecule has 0 bridgehead atoms. The first kappa shape index (κ1) is 18.8. The molecule has 0 N–H and O–H groups in total. The molecule has 0 unspecified atom stereocenters. The van der Waals surface area contributed by atoms with E-state index < -0.39 is 8.07 Å². The van der Waals surface area contributed by atoms with Gasteiger partial charge in [-0.3, -0.25) is 0 Å². The van der Waals surface area contributed by atoms with Crippen LogP contribution in [0.15, 0.2) is 42.6 Å². The van der Waals surface area contributed by atoms with Crippen molar-refractivity contribution >= 4 is 24.0 Å². The van der Waals surface area contributed by atoms with Crippen molar-refractivity contribution in [3.05, 3.63) is 59.3 Å². The van der Waals surface area contributed by atoms with Crippen LogP contribution in [0.1, 0.15) is 36.5 Å². The Hall–Kier alpha value is -1.93. The maximum atomic E-state index is 2.42. The predicted molar refractivity (Wildman–Crippen MR) is 117 cm³/mol. The van der Waals surface area contributed by atoms with Crippen molar-refractivity contribution < 1.29 is 4.57 Å². The molecular weight excluding hydrogens is 330 g/mol. The van der Waals surface area contributed by atoms with Gasteiger partial charge in [-0.2, -0.15) is 0 Å². The summed E-state index contributed by atoms with van der Waals surface area (Å²) < 4.78 is 2.28. The molecule has 0 aliphatic heterocycles. The van der Waals surface area contributed by atoms with E-state index in [0.717, 1.165) is 0 Å². The first-order valence-corrected chi connectivity index (χ1v) is 13.1. The van der Waals surface area contributed by atoms with E-state index in [1.54, 1.807) is 0 Å². The van der Waals surface area contributed by atoms with Crippen LogP contribution >= 0.6 is 0 Å². The first-order chi connectivity index (χ1) is 12.1. The minimum absolute atomic E-state index is 0.534. The van der Waals surface area contributed by atoms with Crippen LogP contribution in [0.2, 0.25) is 19.6 Å². The summed E-state index contributed by atoms with van der Waals surface area (Å²) in [6.07, 6.45) is 2.21. The molecule has 136 valence electrons. The number of hydrogen-bond acceptors (Lipinski definition) is 0. The zero-order valence-corrected chi connectivity index (χ0v) is 18.6. The first-order valence-electron chi connectivity index (χ1n) is 9.64. The average molecular weight is 363 g/mol. The van der Waals surface area contributed by atoms with Gasteiger partial charge in [0.1, 0.15) is 7.05 Å². The number of hydrogen-bond donors (Lipinski definition) is 0. The Kier molecular flexibility index (Phi) is 4.83. The Balaban J connectivity index is 2.34. The van der Waals surface area contributed by atoms with E-state index in [1.165, 1.54) is 43.9 Å². The summed E-state index contributed by atoms with van der Waals surface area (Å²) in [6, 6.07) is 14.1. The summed E-state index contributed by atoms with van der Waals surface area (Å²) >= 11 is 0. The molecule has 2 heteroatoms. The number of aromatic nitrogens is 1. The summed E-state index contributed by atoms with van der Waals surface area (Å²) in [6.45, 7) is 16.3. The van der Waals surface area contributed by atoms with Crippen molar-refractivity contribution in [2.45, 2.75) is 53.3 Å². The minimum atomic E-state index is -1.31. The molecule has 1 nitrogen and oxygen atoms in total. The van der Waals surface area contributed by atoms with Crippen LogP contribution in [0, 0.1) is 13.8 Å². The fourth-order valence-corrected chi connectivity index (χ4v) is 4.81. The lowest BCUT2D eigenvalue weighted by atomic mass is 9.91. The third kappa shape index (κ3) is 3.35. The molecule has 0 saturated heterocycles. The van der Waals surface area contributed by atoms with Crippen molar-refractivity contribution in [2.24, 2.45) is 7.05 Å². The molecule has 1 heterocycles. The Morgan fingerprint density at radius 1 is 0.923 bits per heavy atom. The Morgan fingerprint density at radius 3 is 2.23 bits per heavy atom. The number of rotatable bonds is 3. The highest BCUT2D eigenvalue weighted by Gasteiger charge is 2.22. The number of nitrogens with zero attached hydrogens (tertiary/aromatic N) is 1. The van der Waals surface area contributed by atoms with E-state index in [9.17, 15) is 0 Å². The monoisotopic (exact) mass is 362 g/mol. The predicted octanol–water partition coefficient (Wildman–Crippen LogP) is 5.62. The molecule has 3 aromatic rings. The lowest BCUT2D eigenvalue weighted by molar-refractivity contribution is -0.659.